The first-order valence-electron chi connectivity index (χ1n) is 3.86. The zero-order valence-electron chi connectivity index (χ0n) is 7.17. The summed E-state index contributed by atoms with van der Waals surface area (Å²) in [6, 6.07) is 0.502. The van der Waals surface area contributed by atoms with Crippen LogP contribution in [0, 0.1) is 0 Å². The molecule has 4 N–H and O–H groups in total. The van der Waals surface area contributed by atoms with Crippen molar-refractivity contribution in [3.8, 4) is 0 Å². The predicted octanol–water partition coefficient (Wildman–Crippen LogP) is 0.511. The van der Waals surface area contributed by atoms with Crippen LogP contribution < -0.4 is 11.1 Å². The number of oxime groups is 1. The number of hydrogen-bond acceptors (Lipinski definition) is 3. The van der Waals surface area contributed by atoms with Crippen LogP contribution >= 0.6 is 0 Å². The highest BCUT2D eigenvalue weighted by molar-refractivity contribution is 5.79. The van der Waals surface area contributed by atoms with Gasteiger partial charge in [0.15, 0.2) is 0 Å². The maximum Gasteiger partial charge on any atom is 0.139 e. The molecule has 4 nitrogen and oxygen atoms in total. The molecule has 0 heterocycles. The minimum absolute atomic E-state index is 0.301. The first-order chi connectivity index (χ1) is 5.16. The van der Waals surface area contributed by atoms with E-state index in [0.29, 0.717) is 18.3 Å². The van der Waals surface area contributed by atoms with Crippen molar-refractivity contribution >= 4 is 5.84 Å². The van der Waals surface area contributed by atoms with Gasteiger partial charge in [-0.25, -0.2) is 0 Å². The Hall–Kier alpha value is -0.770. The number of amidine groups is 1. The second-order valence-electron chi connectivity index (χ2n) is 2.80. The minimum Gasteiger partial charge on any atom is -0.409 e. The Labute approximate surface area is 67.5 Å². The van der Waals surface area contributed by atoms with Crippen molar-refractivity contribution in [2.45, 2.75) is 32.7 Å². The monoisotopic (exact) mass is 159 g/mol. The molecule has 0 saturated heterocycles. The second-order valence-corrected chi connectivity index (χ2v) is 2.80. The topological polar surface area (TPSA) is 70.6 Å². The highest BCUT2D eigenvalue weighted by Gasteiger charge is 1.94. The standard InChI is InChI=1S/C7H17N3O/c1-6(2)9-5-3-4-7(8)10-11/h6,9,11H,3-5H2,1-2H3,(H2,8,10). The predicted molar refractivity (Wildman–Crippen MR) is 45.8 cm³/mol. The Morgan fingerprint density at radius 3 is 2.73 bits per heavy atom. The fraction of sp³-hybridized carbons (Fsp3) is 0.857. The fourth-order valence-electron chi connectivity index (χ4n) is 0.710. The summed E-state index contributed by atoms with van der Waals surface area (Å²) in [5.41, 5.74) is 5.26. The van der Waals surface area contributed by atoms with Crippen LogP contribution in [0.5, 0.6) is 0 Å². The van der Waals surface area contributed by atoms with Gasteiger partial charge in [0.1, 0.15) is 5.84 Å². The molecule has 0 radical (unpaired) electrons. The van der Waals surface area contributed by atoms with Gasteiger partial charge in [-0.05, 0) is 13.0 Å². The van der Waals surface area contributed by atoms with Crippen LogP contribution in [-0.4, -0.2) is 23.6 Å². The molecule has 0 fully saturated rings. The lowest BCUT2D eigenvalue weighted by atomic mass is 10.3. The van der Waals surface area contributed by atoms with Crippen LogP contribution in [-0.2, 0) is 0 Å². The number of hydrogen-bond donors (Lipinski definition) is 3. The second kappa shape index (κ2) is 5.97. The normalized spacial score (nSPS) is 12.5. The maximum atomic E-state index is 8.19. The summed E-state index contributed by atoms with van der Waals surface area (Å²) in [4.78, 5) is 0. The Kier molecular flexibility index (Phi) is 5.56. The van der Waals surface area contributed by atoms with Crippen molar-refractivity contribution in [2.24, 2.45) is 10.9 Å². The highest BCUT2D eigenvalue weighted by atomic mass is 16.4. The van der Waals surface area contributed by atoms with Crippen molar-refractivity contribution in [3.05, 3.63) is 0 Å². The molecule has 0 spiro atoms. The van der Waals surface area contributed by atoms with Crippen LogP contribution in [0.25, 0.3) is 0 Å². The van der Waals surface area contributed by atoms with Crippen molar-refractivity contribution < 1.29 is 5.21 Å². The Bertz CT molecular complexity index is 123. The molecular weight excluding hydrogens is 142 g/mol. The van der Waals surface area contributed by atoms with Gasteiger partial charge >= 0.3 is 0 Å². The molecule has 0 atom stereocenters. The van der Waals surface area contributed by atoms with E-state index in [1.807, 2.05) is 0 Å². The van der Waals surface area contributed by atoms with Crippen molar-refractivity contribution in [1.82, 2.24) is 5.32 Å². The first-order valence-corrected chi connectivity index (χ1v) is 3.86. The van der Waals surface area contributed by atoms with Crippen LogP contribution in [0.3, 0.4) is 0 Å². The third-order valence-corrected chi connectivity index (χ3v) is 1.29. The largest absolute Gasteiger partial charge is 0.409 e. The van der Waals surface area contributed by atoms with E-state index >= 15 is 0 Å². The molecule has 0 aliphatic heterocycles. The SMILES string of the molecule is CC(C)NCCCC(N)=NO. The molecule has 4 heteroatoms. The number of rotatable bonds is 5. The molecule has 0 unspecified atom stereocenters. The number of nitrogens with two attached hydrogens (primary N) is 1. The molecule has 0 saturated carbocycles. The van der Waals surface area contributed by atoms with Gasteiger partial charge < -0.3 is 16.3 Å². The molecular formula is C7H17N3O. The lowest BCUT2D eigenvalue weighted by molar-refractivity contribution is 0.316. The lowest BCUT2D eigenvalue weighted by Gasteiger charge is -2.06. The van der Waals surface area contributed by atoms with E-state index in [1.165, 1.54) is 0 Å². The van der Waals surface area contributed by atoms with Crippen molar-refractivity contribution in [3.63, 3.8) is 0 Å². The van der Waals surface area contributed by atoms with Gasteiger partial charge in [0.05, 0.1) is 0 Å². The van der Waals surface area contributed by atoms with E-state index in [9.17, 15) is 0 Å². The molecule has 66 valence electrons. The third-order valence-electron chi connectivity index (χ3n) is 1.29. The molecule has 11 heavy (non-hydrogen) atoms. The van der Waals surface area contributed by atoms with E-state index in [1.54, 1.807) is 0 Å². The van der Waals surface area contributed by atoms with Gasteiger partial charge in [0.2, 0.25) is 0 Å². The van der Waals surface area contributed by atoms with Crippen LogP contribution in [0.2, 0.25) is 0 Å². The average Bonchev–Trinajstić information content (AvgIpc) is 1.97. The zero-order chi connectivity index (χ0) is 8.69. The fourth-order valence-corrected chi connectivity index (χ4v) is 0.710. The first kappa shape index (κ1) is 10.2. The van der Waals surface area contributed by atoms with Crippen LogP contribution in [0.15, 0.2) is 5.16 Å². The van der Waals surface area contributed by atoms with Gasteiger partial charge in [-0.2, -0.15) is 0 Å². The quantitative estimate of drug-likeness (QED) is 0.180. The van der Waals surface area contributed by atoms with Crippen LogP contribution in [0.1, 0.15) is 26.7 Å². The van der Waals surface area contributed by atoms with Crippen molar-refractivity contribution in [2.75, 3.05) is 6.54 Å². The van der Waals surface area contributed by atoms with E-state index in [0.717, 1.165) is 13.0 Å². The van der Waals surface area contributed by atoms with Gasteiger partial charge in [-0.3, -0.25) is 0 Å². The summed E-state index contributed by atoms with van der Waals surface area (Å²) in [5, 5.41) is 14.3. The average molecular weight is 159 g/mol. The van der Waals surface area contributed by atoms with Gasteiger partial charge in [-0.15, -0.1) is 0 Å². The summed E-state index contributed by atoms with van der Waals surface area (Å²) >= 11 is 0. The molecule has 0 aromatic rings. The smallest absolute Gasteiger partial charge is 0.139 e. The summed E-state index contributed by atoms with van der Waals surface area (Å²) < 4.78 is 0. The summed E-state index contributed by atoms with van der Waals surface area (Å²) in [6.07, 6.45) is 1.56. The molecule has 0 aliphatic carbocycles. The Morgan fingerprint density at radius 1 is 1.64 bits per heavy atom. The van der Waals surface area contributed by atoms with Gasteiger partial charge in [0, 0.05) is 12.5 Å². The number of nitrogens with zero attached hydrogens (tertiary/aromatic N) is 1. The summed E-state index contributed by atoms with van der Waals surface area (Å²) in [5.74, 6) is 0.301. The van der Waals surface area contributed by atoms with Gasteiger partial charge in [0.25, 0.3) is 0 Å². The molecule has 0 aromatic heterocycles. The van der Waals surface area contributed by atoms with E-state index < -0.39 is 0 Å². The minimum atomic E-state index is 0.301. The summed E-state index contributed by atoms with van der Waals surface area (Å²) in [6.45, 7) is 5.08. The highest BCUT2D eigenvalue weighted by Crippen LogP contribution is 1.87. The number of nitrogens with one attached hydrogen (secondary N) is 1. The van der Waals surface area contributed by atoms with E-state index in [2.05, 4.69) is 24.3 Å². The maximum absolute atomic E-state index is 8.19. The van der Waals surface area contributed by atoms with E-state index in [-0.39, 0.29) is 0 Å². The van der Waals surface area contributed by atoms with Crippen LogP contribution in [0.4, 0.5) is 0 Å². The third kappa shape index (κ3) is 7.12. The lowest BCUT2D eigenvalue weighted by Crippen LogP contribution is -2.24. The zero-order valence-corrected chi connectivity index (χ0v) is 7.17. The van der Waals surface area contributed by atoms with Gasteiger partial charge in [-0.1, -0.05) is 19.0 Å². The van der Waals surface area contributed by atoms with E-state index in [4.69, 9.17) is 10.9 Å². The Balaban J connectivity index is 3.15. The molecule has 0 aliphatic rings. The molecule has 0 aromatic carbocycles. The molecule has 0 bridgehead atoms. The molecule has 0 amide bonds. The molecule has 0 rings (SSSR count). The summed E-state index contributed by atoms with van der Waals surface area (Å²) in [7, 11) is 0. The van der Waals surface area contributed by atoms with Crippen molar-refractivity contribution in [1.29, 1.82) is 0 Å². The Morgan fingerprint density at radius 2 is 2.27 bits per heavy atom.